The third-order valence-corrected chi connectivity index (χ3v) is 7.39. The highest BCUT2D eigenvalue weighted by Crippen LogP contribution is 2.36. The van der Waals surface area contributed by atoms with E-state index in [-0.39, 0.29) is 23.2 Å². The first-order valence-electron chi connectivity index (χ1n) is 13.4. The Morgan fingerprint density at radius 1 is 0.476 bits per heavy atom. The van der Waals surface area contributed by atoms with Crippen LogP contribution in [0.3, 0.4) is 0 Å². The molecule has 0 fully saturated rings. The number of nitrogens with one attached hydrogen (secondary N) is 6. The third kappa shape index (κ3) is 4.30. The van der Waals surface area contributed by atoms with Crippen LogP contribution in [-0.2, 0) is 0 Å². The van der Waals surface area contributed by atoms with Crippen LogP contribution in [0.1, 0.15) is 57.4 Å². The Hall–Kier alpha value is -6.26. The molecule has 0 aromatic carbocycles. The van der Waals surface area contributed by atoms with E-state index in [1.807, 2.05) is 110 Å². The van der Waals surface area contributed by atoms with Gasteiger partial charge in [-0.15, -0.1) is 0 Å². The molecule has 0 aliphatic heterocycles. The van der Waals surface area contributed by atoms with Crippen LogP contribution >= 0.6 is 0 Å². The zero-order valence-electron chi connectivity index (χ0n) is 22.2. The number of hydrogen-bond donors (Lipinski definition) is 6. The smallest absolute Gasteiger partial charge is 0.177 e. The predicted octanol–water partition coefficient (Wildman–Crippen LogP) is 5.88. The second kappa shape index (κ2) is 10.4. The highest BCUT2D eigenvalue weighted by molar-refractivity contribution is 5.76. The average molecular weight is 549 g/mol. The lowest BCUT2D eigenvalue weighted by Gasteiger charge is -2.14. The molecule has 10 heteroatoms. The Kier molecular flexibility index (Phi) is 6.12. The van der Waals surface area contributed by atoms with Crippen LogP contribution in [0.15, 0.2) is 97.6 Å². The van der Waals surface area contributed by atoms with Crippen LogP contribution in [0.4, 0.5) is 0 Å². The SMILES string of the molecule is N#Cc1nc(-c2ccc(C(c3ccc[nH]3)c3ccc[nH]3)[nH]2)c(-c2ccc(C(c3ccc[nH]3)c3ccc[nH]3)[nH]2)nc1C#N. The van der Waals surface area contributed by atoms with Gasteiger partial charge in [-0.1, -0.05) is 0 Å². The first-order chi connectivity index (χ1) is 20.7. The van der Waals surface area contributed by atoms with Gasteiger partial charge in [0.05, 0.1) is 23.2 Å². The Bertz CT molecular complexity index is 1790. The number of nitriles is 2. The van der Waals surface area contributed by atoms with Crippen molar-refractivity contribution in [2.45, 2.75) is 11.8 Å². The molecule has 6 N–H and O–H groups in total. The van der Waals surface area contributed by atoms with Gasteiger partial charge in [-0.25, -0.2) is 9.97 Å². The zero-order chi connectivity index (χ0) is 28.5. The van der Waals surface area contributed by atoms with Gasteiger partial charge >= 0.3 is 0 Å². The lowest BCUT2D eigenvalue weighted by Crippen LogP contribution is -2.06. The lowest BCUT2D eigenvalue weighted by atomic mass is 9.98. The monoisotopic (exact) mass is 548 g/mol. The molecule has 202 valence electrons. The van der Waals surface area contributed by atoms with E-state index in [1.54, 1.807) is 0 Å². The molecule has 42 heavy (non-hydrogen) atoms. The minimum absolute atomic E-state index is 0.0277. The summed E-state index contributed by atoms with van der Waals surface area (Å²) in [5, 5.41) is 19.6. The van der Waals surface area contributed by atoms with Crippen LogP contribution in [-0.4, -0.2) is 39.9 Å². The summed E-state index contributed by atoms with van der Waals surface area (Å²) in [7, 11) is 0. The van der Waals surface area contributed by atoms with Gasteiger partial charge < -0.3 is 29.9 Å². The van der Waals surface area contributed by atoms with Crippen LogP contribution < -0.4 is 0 Å². The number of aromatic amines is 6. The summed E-state index contributed by atoms with van der Waals surface area (Å²) in [6.45, 7) is 0. The summed E-state index contributed by atoms with van der Waals surface area (Å²) >= 11 is 0. The fourth-order valence-electron chi connectivity index (χ4n) is 5.50. The van der Waals surface area contributed by atoms with E-state index in [0.717, 1.165) is 34.2 Å². The van der Waals surface area contributed by atoms with Crippen molar-refractivity contribution in [3.63, 3.8) is 0 Å². The second-order valence-corrected chi connectivity index (χ2v) is 9.86. The maximum atomic E-state index is 9.78. The van der Waals surface area contributed by atoms with Gasteiger partial charge in [0.15, 0.2) is 11.4 Å². The maximum Gasteiger partial charge on any atom is 0.177 e. The van der Waals surface area contributed by atoms with Gasteiger partial charge in [-0.2, -0.15) is 10.5 Å². The average Bonchev–Trinajstić information content (AvgIpc) is 3.86. The molecule has 0 saturated heterocycles. The molecule has 7 aromatic heterocycles. The van der Waals surface area contributed by atoms with Gasteiger partial charge in [-0.3, -0.25) is 0 Å². The highest BCUT2D eigenvalue weighted by Gasteiger charge is 2.25. The summed E-state index contributed by atoms with van der Waals surface area (Å²) in [5.41, 5.74) is 8.17. The molecule has 0 aliphatic rings. The molecule has 0 atom stereocenters. The minimum Gasteiger partial charge on any atom is -0.364 e. The lowest BCUT2D eigenvalue weighted by molar-refractivity contribution is 0.866. The molecule has 0 unspecified atom stereocenters. The van der Waals surface area contributed by atoms with Crippen molar-refractivity contribution in [2.75, 3.05) is 0 Å². The Balaban J connectivity index is 1.35. The molecule has 0 bridgehead atoms. The van der Waals surface area contributed by atoms with Crippen molar-refractivity contribution in [2.24, 2.45) is 0 Å². The molecule has 10 nitrogen and oxygen atoms in total. The molecular weight excluding hydrogens is 524 g/mol. The van der Waals surface area contributed by atoms with Crippen molar-refractivity contribution in [3.05, 3.63) is 143 Å². The topological polar surface area (TPSA) is 168 Å². The van der Waals surface area contributed by atoms with Gasteiger partial charge in [0.25, 0.3) is 0 Å². The van der Waals surface area contributed by atoms with Crippen LogP contribution in [0.2, 0.25) is 0 Å². The second-order valence-electron chi connectivity index (χ2n) is 9.86. The highest BCUT2D eigenvalue weighted by atomic mass is 14.9. The van der Waals surface area contributed by atoms with Crippen molar-refractivity contribution >= 4 is 0 Å². The zero-order valence-corrected chi connectivity index (χ0v) is 22.2. The quantitative estimate of drug-likeness (QED) is 0.139. The number of rotatable bonds is 8. The van der Waals surface area contributed by atoms with Gasteiger partial charge in [0.1, 0.15) is 23.5 Å². The fraction of sp³-hybridized carbons (Fsp3) is 0.0625. The molecular formula is C32H24N10. The standard InChI is InChI=1S/C32H24N10/c33-17-27-28(18-34)42-32(26-12-10-24(40-26)30(21-7-3-15-37-21)22-8-4-16-38-22)31(41-27)25-11-9-23(39-25)29(19-5-1-13-35-19)20-6-2-14-36-20/h1-16,29-30,35-40H. The summed E-state index contributed by atoms with van der Waals surface area (Å²) in [5.74, 6) is -0.207. The first-order valence-corrected chi connectivity index (χ1v) is 13.4. The van der Waals surface area contributed by atoms with E-state index in [4.69, 9.17) is 0 Å². The van der Waals surface area contributed by atoms with Crippen LogP contribution in [0.5, 0.6) is 0 Å². The molecule has 0 saturated carbocycles. The molecule has 0 spiro atoms. The van der Waals surface area contributed by atoms with E-state index >= 15 is 0 Å². The molecule has 7 aromatic rings. The third-order valence-electron chi connectivity index (χ3n) is 7.39. The van der Waals surface area contributed by atoms with Crippen LogP contribution in [0, 0.1) is 22.7 Å². The van der Waals surface area contributed by atoms with Gasteiger partial charge in [0, 0.05) is 59.0 Å². The van der Waals surface area contributed by atoms with E-state index in [2.05, 4.69) is 39.9 Å². The minimum atomic E-state index is -0.103. The summed E-state index contributed by atoms with van der Waals surface area (Å²) in [6, 6.07) is 28.0. The number of aromatic nitrogens is 8. The maximum absolute atomic E-state index is 9.78. The molecule has 0 radical (unpaired) electrons. The number of hydrogen-bond acceptors (Lipinski definition) is 4. The number of nitrogens with zero attached hydrogens (tertiary/aromatic N) is 4. The Morgan fingerprint density at radius 2 is 0.833 bits per heavy atom. The van der Waals surface area contributed by atoms with Crippen LogP contribution in [0.25, 0.3) is 22.8 Å². The van der Waals surface area contributed by atoms with E-state index < -0.39 is 0 Å². The summed E-state index contributed by atoms with van der Waals surface area (Å²) in [4.78, 5) is 29.6. The van der Waals surface area contributed by atoms with Crippen molar-refractivity contribution < 1.29 is 0 Å². The molecule has 0 aliphatic carbocycles. The predicted molar refractivity (Wildman–Crippen MR) is 156 cm³/mol. The normalized spacial score (nSPS) is 11.2. The summed E-state index contributed by atoms with van der Waals surface area (Å²) in [6.07, 6.45) is 7.59. The first kappa shape index (κ1) is 24.8. The van der Waals surface area contributed by atoms with E-state index in [1.165, 1.54) is 0 Å². The molecule has 0 amide bonds. The fourth-order valence-corrected chi connectivity index (χ4v) is 5.50. The van der Waals surface area contributed by atoms with Crippen molar-refractivity contribution in [3.8, 4) is 34.9 Å². The van der Waals surface area contributed by atoms with E-state index in [9.17, 15) is 10.5 Å². The largest absolute Gasteiger partial charge is 0.364 e. The number of H-pyrrole nitrogens is 6. The van der Waals surface area contributed by atoms with Crippen molar-refractivity contribution in [1.82, 2.24) is 39.9 Å². The van der Waals surface area contributed by atoms with Crippen molar-refractivity contribution in [1.29, 1.82) is 10.5 Å². The van der Waals surface area contributed by atoms with Gasteiger partial charge in [-0.05, 0) is 72.8 Å². The Labute approximate surface area is 240 Å². The Morgan fingerprint density at radius 3 is 1.12 bits per heavy atom. The molecule has 7 rings (SSSR count). The summed E-state index contributed by atoms with van der Waals surface area (Å²) < 4.78 is 0. The van der Waals surface area contributed by atoms with Gasteiger partial charge in [0.2, 0.25) is 0 Å². The molecule has 7 heterocycles. The van der Waals surface area contributed by atoms with E-state index in [0.29, 0.717) is 22.8 Å².